The minimum Gasteiger partial charge on any atom is -0.494 e. The molecule has 4 aromatic rings. The van der Waals surface area contributed by atoms with Crippen molar-refractivity contribution in [2.45, 2.75) is 26.2 Å². The molecule has 0 saturated heterocycles. The highest BCUT2D eigenvalue weighted by Gasteiger charge is 2.17. The van der Waals surface area contributed by atoms with Crippen molar-refractivity contribution in [3.63, 3.8) is 0 Å². The minimum absolute atomic E-state index is 0.255. The van der Waals surface area contributed by atoms with E-state index < -0.39 is 0 Å². The summed E-state index contributed by atoms with van der Waals surface area (Å²) >= 11 is 12.2. The van der Waals surface area contributed by atoms with Crippen molar-refractivity contribution in [1.82, 2.24) is 4.98 Å². The van der Waals surface area contributed by atoms with E-state index in [0.717, 1.165) is 23.1 Å². The molecular weight excluding hydrogens is 447 g/mol. The molecule has 1 amide bonds. The van der Waals surface area contributed by atoms with Gasteiger partial charge in [-0.1, -0.05) is 43.1 Å². The highest BCUT2D eigenvalue weighted by molar-refractivity contribution is 6.36. The molecule has 0 bridgehead atoms. The van der Waals surface area contributed by atoms with Crippen LogP contribution in [0.2, 0.25) is 10.0 Å². The van der Waals surface area contributed by atoms with E-state index in [1.54, 1.807) is 12.1 Å². The summed E-state index contributed by atoms with van der Waals surface area (Å²) in [6.07, 6.45) is 1.07. The van der Waals surface area contributed by atoms with Crippen molar-refractivity contribution in [2.75, 3.05) is 12.4 Å². The number of methoxy groups -OCH3 is 1. The van der Waals surface area contributed by atoms with Gasteiger partial charge in [-0.05, 0) is 66.4 Å². The summed E-state index contributed by atoms with van der Waals surface area (Å²) in [4.78, 5) is 17.4. The molecule has 3 aromatic carbocycles. The lowest BCUT2D eigenvalue weighted by Gasteiger charge is -2.11. The predicted octanol–water partition coefficient (Wildman–Crippen LogP) is 7.58. The number of anilines is 1. The Morgan fingerprint density at radius 1 is 1.12 bits per heavy atom. The van der Waals surface area contributed by atoms with Crippen LogP contribution in [-0.4, -0.2) is 18.0 Å². The molecule has 1 N–H and O–H groups in total. The number of fused-ring (bicyclic) bond motifs is 1. The number of ether oxygens (including phenoxy) is 1. The van der Waals surface area contributed by atoms with E-state index in [1.165, 1.54) is 24.8 Å². The Labute approximate surface area is 196 Å². The summed E-state index contributed by atoms with van der Waals surface area (Å²) in [5.41, 5.74) is 4.49. The van der Waals surface area contributed by atoms with Crippen molar-refractivity contribution >= 4 is 45.9 Å². The minimum atomic E-state index is -0.376. The molecule has 32 heavy (non-hydrogen) atoms. The van der Waals surface area contributed by atoms with Crippen LogP contribution in [0.1, 0.15) is 42.1 Å². The SMILES string of the molecule is CC[C@@H](C)c1ccc2oc(-c3ccc(NC(=O)c4cc(Cl)cc(Cl)c4OC)cc3)nc2c1. The van der Waals surface area contributed by atoms with E-state index in [2.05, 4.69) is 36.3 Å². The van der Waals surface area contributed by atoms with Gasteiger partial charge in [0.25, 0.3) is 5.91 Å². The fourth-order valence-electron chi connectivity index (χ4n) is 3.44. The first-order valence-electron chi connectivity index (χ1n) is 10.2. The Morgan fingerprint density at radius 3 is 2.56 bits per heavy atom. The molecular formula is C25H22Cl2N2O3. The van der Waals surface area contributed by atoms with Gasteiger partial charge in [-0.2, -0.15) is 0 Å². The summed E-state index contributed by atoms with van der Waals surface area (Å²) in [5.74, 6) is 0.893. The number of carbonyl (C=O) groups excluding carboxylic acids is 1. The van der Waals surface area contributed by atoms with E-state index in [1.807, 2.05) is 18.2 Å². The highest BCUT2D eigenvalue weighted by Crippen LogP contribution is 2.33. The molecule has 1 atom stereocenters. The van der Waals surface area contributed by atoms with E-state index in [-0.39, 0.29) is 22.2 Å². The summed E-state index contributed by atoms with van der Waals surface area (Å²) in [6, 6.07) is 16.4. The summed E-state index contributed by atoms with van der Waals surface area (Å²) in [7, 11) is 1.45. The third-order valence-corrected chi connectivity index (χ3v) is 5.94. The Kier molecular flexibility index (Phi) is 6.40. The molecule has 0 aliphatic heterocycles. The van der Waals surface area contributed by atoms with Gasteiger partial charge in [0, 0.05) is 16.3 Å². The van der Waals surface area contributed by atoms with Gasteiger partial charge in [-0.15, -0.1) is 0 Å². The maximum atomic E-state index is 12.7. The number of amides is 1. The van der Waals surface area contributed by atoms with E-state index >= 15 is 0 Å². The summed E-state index contributed by atoms with van der Waals surface area (Å²) < 4.78 is 11.2. The van der Waals surface area contributed by atoms with E-state index in [9.17, 15) is 4.79 Å². The van der Waals surface area contributed by atoms with Gasteiger partial charge in [-0.25, -0.2) is 4.98 Å². The van der Waals surface area contributed by atoms with Crippen LogP contribution in [0.25, 0.3) is 22.6 Å². The number of hydrogen-bond donors (Lipinski definition) is 1. The number of hydrogen-bond acceptors (Lipinski definition) is 4. The Morgan fingerprint density at radius 2 is 1.88 bits per heavy atom. The van der Waals surface area contributed by atoms with Gasteiger partial charge in [0.1, 0.15) is 11.3 Å². The smallest absolute Gasteiger partial charge is 0.259 e. The maximum Gasteiger partial charge on any atom is 0.259 e. The molecule has 1 heterocycles. The lowest BCUT2D eigenvalue weighted by molar-refractivity contribution is 0.102. The molecule has 0 saturated carbocycles. The van der Waals surface area contributed by atoms with Crippen LogP contribution in [0.5, 0.6) is 5.75 Å². The van der Waals surface area contributed by atoms with Crippen LogP contribution in [0.15, 0.2) is 59.0 Å². The molecule has 5 nitrogen and oxygen atoms in total. The van der Waals surface area contributed by atoms with Gasteiger partial charge in [0.2, 0.25) is 5.89 Å². The standard InChI is InChI=1S/C25H22Cl2N2O3/c1-4-14(2)16-7-10-22-21(11-16)29-25(32-22)15-5-8-18(9-6-15)28-24(30)19-12-17(26)13-20(27)23(19)31-3/h5-14H,4H2,1-3H3,(H,28,30)/t14-/m1/s1. The number of aromatic nitrogens is 1. The lowest BCUT2D eigenvalue weighted by atomic mass is 9.98. The fourth-order valence-corrected chi connectivity index (χ4v) is 4.01. The van der Waals surface area contributed by atoms with Crippen LogP contribution >= 0.6 is 23.2 Å². The highest BCUT2D eigenvalue weighted by atomic mass is 35.5. The molecule has 0 unspecified atom stereocenters. The summed E-state index contributed by atoms with van der Waals surface area (Å²) in [6.45, 7) is 4.36. The van der Waals surface area contributed by atoms with Gasteiger partial charge in [0.15, 0.2) is 5.58 Å². The van der Waals surface area contributed by atoms with Crippen LogP contribution in [0.3, 0.4) is 0 Å². The van der Waals surface area contributed by atoms with Gasteiger partial charge < -0.3 is 14.5 Å². The zero-order chi connectivity index (χ0) is 22.8. The predicted molar refractivity (Wildman–Crippen MR) is 129 cm³/mol. The molecule has 0 fully saturated rings. The topological polar surface area (TPSA) is 64.4 Å². The van der Waals surface area contributed by atoms with Crippen LogP contribution in [-0.2, 0) is 0 Å². The fraction of sp³-hybridized carbons (Fsp3) is 0.200. The Bertz CT molecular complexity index is 1280. The number of oxazole rings is 1. The van der Waals surface area contributed by atoms with E-state index in [0.29, 0.717) is 22.5 Å². The van der Waals surface area contributed by atoms with Crippen LogP contribution in [0, 0.1) is 0 Å². The number of carbonyl (C=O) groups is 1. The number of nitrogens with zero attached hydrogens (tertiary/aromatic N) is 1. The number of benzene rings is 3. The largest absolute Gasteiger partial charge is 0.494 e. The van der Waals surface area contributed by atoms with Crippen molar-refractivity contribution < 1.29 is 13.9 Å². The second-order valence-corrected chi connectivity index (χ2v) is 8.40. The zero-order valence-electron chi connectivity index (χ0n) is 17.9. The third-order valence-electron chi connectivity index (χ3n) is 5.44. The Balaban J connectivity index is 1.55. The lowest BCUT2D eigenvalue weighted by Crippen LogP contribution is -2.13. The maximum absolute atomic E-state index is 12.7. The normalized spacial score (nSPS) is 12.0. The van der Waals surface area contributed by atoms with E-state index in [4.69, 9.17) is 32.4 Å². The molecule has 7 heteroatoms. The van der Waals surface area contributed by atoms with Gasteiger partial charge in [-0.3, -0.25) is 4.79 Å². The molecule has 0 aliphatic rings. The molecule has 164 valence electrons. The van der Waals surface area contributed by atoms with Crippen LogP contribution < -0.4 is 10.1 Å². The summed E-state index contributed by atoms with van der Waals surface area (Å²) in [5, 5.41) is 3.45. The molecule has 0 aliphatic carbocycles. The van der Waals surface area contributed by atoms with Crippen molar-refractivity contribution in [3.05, 3.63) is 75.8 Å². The molecule has 0 radical (unpaired) electrons. The van der Waals surface area contributed by atoms with Gasteiger partial charge >= 0.3 is 0 Å². The molecule has 0 spiro atoms. The Hall–Kier alpha value is -3.02. The van der Waals surface area contributed by atoms with Crippen LogP contribution in [0.4, 0.5) is 5.69 Å². The average Bonchev–Trinajstić information content (AvgIpc) is 3.22. The number of halogens is 2. The van der Waals surface area contributed by atoms with Crippen molar-refractivity contribution in [2.24, 2.45) is 0 Å². The first-order valence-corrected chi connectivity index (χ1v) is 11.0. The van der Waals surface area contributed by atoms with Crippen molar-refractivity contribution in [3.8, 4) is 17.2 Å². The van der Waals surface area contributed by atoms with Crippen molar-refractivity contribution in [1.29, 1.82) is 0 Å². The number of nitrogens with one attached hydrogen (secondary N) is 1. The first kappa shape index (κ1) is 22.2. The monoisotopic (exact) mass is 468 g/mol. The quantitative estimate of drug-likeness (QED) is 0.316. The third kappa shape index (κ3) is 4.45. The molecule has 1 aromatic heterocycles. The second kappa shape index (κ2) is 9.23. The first-order chi connectivity index (χ1) is 15.4. The average molecular weight is 469 g/mol. The van der Waals surface area contributed by atoms with Gasteiger partial charge in [0.05, 0.1) is 17.7 Å². The number of rotatable bonds is 6. The molecule has 4 rings (SSSR count). The zero-order valence-corrected chi connectivity index (χ0v) is 19.4. The second-order valence-electron chi connectivity index (χ2n) is 7.56.